The van der Waals surface area contributed by atoms with Crippen molar-refractivity contribution in [1.29, 1.82) is 0 Å². The number of nitrogens with one attached hydrogen (secondary N) is 1. The first-order valence-electron chi connectivity index (χ1n) is 5.41. The molecule has 1 saturated heterocycles. The maximum absolute atomic E-state index is 11.2. The summed E-state index contributed by atoms with van der Waals surface area (Å²) in [5, 5.41) is -0.337. The Morgan fingerprint density at radius 1 is 1.20 bits per heavy atom. The maximum Gasteiger partial charge on any atom is 0.225 e. The van der Waals surface area contributed by atoms with Crippen molar-refractivity contribution in [1.82, 2.24) is 9.62 Å². The van der Waals surface area contributed by atoms with Gasteiger partial charge in [-0.2, -0.15) is 0 Å². The second-order valence-corrected chi connectivity index (χ2v) is 6.72. The molecule has 6 heteroatoms. The molecule has 2 aliphatic rings. The Hall–Kier alpha value is 0.160. The van der Waals surface area contributed by atoms with Gasteiger partial charge in [0.1, 0.15) is 5.21 Å². The third-order valence-electron chi connectivity index (χ3n) is 3.08. The van der Waals surface area contributed by atoms with E-state index >= 15 is 0 Å². The largest absolute Gasteiger partial charge is 0.300 e. The number of halogens is 1. The van der Waals surface area contributed by atoms with Crippen molar-refractivity contribution in [2.24, 2.45) is 0 Å². The van der Waals surface area contributed by atoms with Crippen molar-refractivity contribution in [3.8, 4) is 0 Å². The summed E-state index contributed by atoms with van der Waals surface area (Å²) in [6.45, 7) is 2.03. The second-order valence-electron chi connectivity index (χ2n) is 4.38. The number of alkyl halides is 1. The molecule has 0 atom stereocenters. The molecular weight excluding hydrogens is 236 g/mol. The van der Waals surface area contributed by atoms with E-state index in [1.54, 1.807) is 0 Å². The van der Waals surface area contributed by atoms with Crippen LogP contribution in [0, 0.1) is 0 Å². The van der Waals surface area contributed by atoms with Crippen molar-refractivity contribution < 1.29 is 8.42 Å². The number of nitrogens with zero attached hydrogens (tertiary/aromatic N) is 1. The van der Waals surface area contributed by atoms with Crippen molar-refractivity contribution in [3.05, 3.63) is 0 Å². The smallest absolute Gasteiger partial charge is 0.225 e. The van der Waals surface area contributed by atoms with Crippen LogP contribution in [0.3, 0.4) is 0 Å². The van der Waals surface area contributed by atoms with Crippen molar-refractivity contribution in [3.63, 3.8) is 0 Å². The molecule has 0 amide bonds. The van der Waals surface area contributed by atoms with Gasteiger partial charge in [0.2, 0.25) is 10.0 Å². The summed E-state index contributed by atoms with van der Waals surface area (Å²) in [5.74, 6) is 0. The first-order valence-corrected chi connectivity index (χ1v) is 7.59. The predicted octanol–water partition coefficient (Wildman–Crippen LogP) is 0.729. The molecule has 88 valence electrons. The van der Waals surface area contributed by atoms with E-state index in [1.807, 2.05) is 0 Å². The number of hydrogen-bond acceptors (Lipinski definition) is 3. The zero-order valence-corrected chi connectivity index (χ0v) is 10.2. The van der Waals surface area contributed by atoms with E-state index in [-0.39, 0.29) is 11.3 Å². The topological polar surface area (TPSA) is 49.4 Å². The molecular formula is C9H17ClN2O2S. The molecule has 15 heavy (non-hydrogen) atoms. The Labute approximate surface area is 96.0 Å². The van der Waals surface area contributed by atoms with Crippen LogP contribution in [0.1, 0.15) is 25.7 Å². The fraction of sp³-hybridized carbons (Fsp3) is 1.00. The van der Waals surface area contributed by atoms with Crippen LogP contribution in [0.2, 0.25) is 0 Å². The average molecular weight is 253 g/mol. The number of sulfonamides is 1. The van der Waals surface area contributed by atoms with Crippen LogP contribution in [0.5, 0.6) is 0 Å². The van der Waals surface area contributed by atoms with Crippen LogP contribution in [0.15, 0.2) is 0 Å². The lowest BCUT2D eigenvalue weighted by atomic mass is 10.1. The van der Waals surface area contributed by atoms with Crippen molar-refractivity contribution in [2.75, 3.05) is 18.3 Å². The second kappa shape index (κ2) is 4.57. The maximum atomic E-state index is 11.2. The average Bonchev–Trinajstić information content (AvgIpc) is 3.02. The van der Waals surface area contributed by atoms with E-state index in [0.717, 1.165) is 32.0 Å². The first kappa shape index (κ1) is 11.6. The molecule has 0 bridgehead atoms. The third-order valence-corrected chi connectivity index (χ3v) is 4.92. The minimum atomic E-state index is -3.24. The molecule has 1 heterocycles. The highest BCUT2D eigenvalue weighted by atomic mass is 35.5. The summed E-state index contributed by atoms with van der Waals surface area (Å²) in [6.07, 6.45) is 4.45. The highest BCUT2D eigenvalue weighted by Crippen LogP contribution is 2.29. The minimum Gasteiger partial charge on any atom is -0.300 e. The van der Waals surface area contributed by atoms with E-state index in [0.29, 0.717) is 0 Å². The number of likely N-dealkylation sites (tertiary alicyclic amines) is 1. The van der Waals surface area contributed by atoms with E-state index in [1.165, 1.54) is 12.8 Å². The van der Waals surface area contributed by atoms with Gasteiger partial charge in [-0.1, -0.05) is 0 Å². The number of hydrogen-bond donors (Lipinski definition) is 1. The fourth-order valence-corrected chi connectivity index (χ4v) is 3.10. The SMILES string of the molecule is O=S(=O)(CCl)NC1CCN(C2CC2)CC1. The molecule has 0 aromatic rings. The van der Waals surface area contributed by atoms with Crippen molar-refractivity contribution in [2.45, 2.75) is 37.8 Å². The van der Waals surface area contributed by atoms with Crippen molar-refractivity contribution >= 4 is 21.6 Å². The normalized spacial score (nSPS) is 25.7. The van der Waals surface area contributed by atoms with Gasteiger partial charge in [-0.25, -0.2) is 13.1 Å². The summed E-state index contributed by atoms with van der Waals surface area (Å²) >= 11 is 5.34. The summed E-state index contributed by atoms with van der Waals surface area (Å²) < 4.78 is 25.1. The van der Waals surface area contributed by atoms with Gasteiger partial charge < -0.3 is 4.90 Å². The van der Waals surface area contributed by atoms with E-state index in [9.17, 15) is 8.42 Å². The highest BCUT2D eigenvalue weighted by molar-refractivity contribution is 7.90. The van der Waals surface area contributed by atoms with Gasteiger partial charge in [0.05, 0.1) is 0 Å². The minimum absolute atomic E-state index is 0.0868. The fourth-order valence-electron chi connectivity index (χ4n) is 2.11. The molecule has 0 radical (unpaired) electrons. The van der Waals surface area contributed by atoms with Gasteiger partial charge in [-0.15, -0.1) is 11.6 Å². The van der Waals surface area contributed by atoms with E-state index < -0.39 is 10.0 Å². The van der Waals surface area contributed by atoms with Crippen LogP contribution < -0.4 is 4.72 Å². The van der Waals surface area contributed by atoms with Crippen LogP contribution in [-0.4, -0.2) is 43.7 Å². The van der Waals surface area contributed by atoms with E-state index in [4.69, 9.17) is 11.6 Å². The summed E-state index contributed by atoms with van der Waals surface area (Å²) in [7, 11) is -3.24. The molecule has 2 rings (SSSR count). The Kier molecular flexibility index (Phi) is 3.55. The third kappa shape index (κ3) is 3.31. The van der Waals surface area contributed by atoms with E-state index in [2.05, 4.69) is 9.62 Å². The van der Waals surface area contributed by atoms with Crippen LogP contribution in [0.25, 0.3) is 0 Å². The zero-order valence-electron chi connectivity index (χ0n) is 8.65. The lowest BCUT2D eigenvalue weighted by molar-refractivity contribution is 0.199. The lowest BCUT2D eigenvalue weighted by Gasteiger charge is -2.31. The molecule has 0 spiro atoms. The van der Waals surface area contributed by atoms with Gasteiger partial charge in [0, 0.05) is 12.1 Å². The van der Waals surface area contributed by atoms with Gasteiger partial charge in [-0.05, 0) is 38.8 Å². The molecule has 4 nitrogen and oxygen atoms in total. The molecule has 0 aromatic carbocycles. The number of rotatable bonds is 4. The molecule has 0 unspecified atom stereocenters. The molecule has 1 saturated carbocycles. The predicted molar refractivity (Wildman–Crippen MR) is 60.4 cm³/mol. The van der Waals surface area contributed by atoms with Gasteiger partial charge in [0.25, 0.3) is 0 Å². The van der Waals surface area contributed by atoms with Gasteiger partial charge in [-0.3, -0.25) is 0 Å². The Morgan fingerprint density at radius 2 is 1.80 bits per heavy atom. The Bertz CT molecular complexity index is 308. The van der Waals surface area contributed by atoms with Crippen LogP contribution in [-0.2, 0) is 10.0 Å². The summed E-state index contributed by atoms with van der Waals surface area (Å²) in [4.78, 5) is 2.46. The Morgan fingerprint density at radius 3 is 2.27 bits per heavy atom. The standard InChI is InChI=1S/C9H17ClN2O2S/c10-7-15(13,14)11-8-3-5-12(6-4-8)9-1-2-9/h8-9,11H,1-7H2. The Balaban J connectivity index is 1.77. The molecule has 0 aromatic heterocycles. The van der Waals surface area contributed by atoms with Crippen LogP contribution >= 0.6 is 11.6 Å². The molecule has 1 N–H and O–H groups in total. The number of piperidine rings is 1. The van der Waals surface area contributed by atoms with Gasteiger partial charge >= 0.3 is 0 Å². The monoisotopic (exact) mass is 252 g/mol. The summed E-state index contributed by atoms with van der Waals surface area (Å²) in [5.41, 5.74) is 0. The summed E-state index contributed by atoms with van der Waals surface area (Å²) in [6, 6.07) is 0.874. The first-order chi connectivity index (χ1) is 7.11. The molecule has 1 aliphatic carbocycles. The molecule has 1 aliphatic heterocycles. The molecule has 2 fully saturated rings. The van der Waals surface area contributed by atoms with Gasteiger partial charge in [0.15, 0.2) is 0 Å². The highest BCUT2D eigenvalue weighted by Gasteiger charge is 2.32. The quantitative estimate of drug-likeness (QED) is 0.751. The zero-order chi connectivity index (χ0) is 10.9. The lowest BCUT2D eigenvalue weighted by Crippen LogP contribution is -2.45. The van der Waals surface area contributed by atoms with Crippen LogP contribution in [0.4, 0.5) is 0 Å².